The van der Waals surface area contributed by atoms with Crippen LogP contribution in [0.1, 0.15) is 18.2 Å². The molecule has 0 amide bonds. The predicted molar refractivity (Wildman–Crippen MR) is 74.7 cm³/mol. The first kappa shape index (κ1) is 13.8. The van der Waals surface area contributed by atoms with Gasteiger partial charge in [-0.1, -0.05) is 24.6 Å². The van der Waals surface area contributed by atoms with Gasteiger partial charge in [0, 0.05) is 18.7 Å². The lowest BCUT2D eigenvalue weighted by Crippen LogP contribution is -2.26. The molecule has 1 N–H and O–H groups in total. The molecule has 0 radical (unpaired) electrons. The number of aromatic nitrogens is 1. The first-order valence-corrected chi connectivity index (χ1v) is 6.57. The minimum atomic E-state index is 0.163. The van der Waals surface area contributed by atoms with Crippen LogP contribution in [0.3, 0.4) is 0 Å². The van der Waals surface area contributed by atoms with E-state index in [4.69, 9.17) is 9.52 Å². The van der Waals surface area contributed by atoms with E-state index in [2.05, 4.69) is 23.7 Å². The summed E-state index contributed by atoms with van der Waals surface area (Å²) < 4.78 is 5.51. The van der Waals surface area contributed by atoms with Crippen molar-refractivity contribution in [2.45, 2.75) is 20.4 Å². The summed E-state index contributed by atoms with van der Waals surface area (Å²) in [4.78, 5) is 6.61. The Kier molecular flexibility index (Phi) is 4.71. The molecule has 0 saturated carbocycles. The highest BCUT2D eigenvalue weighted by molar-refractivity contribution is 5.53. The van der Waals surface area contributed by atoms with E-state index in [1.807, 2.05) is 24.3 Å². The molecule has 0 atom stereocenters. The molecule has 4 nitrogen and oxygen atoms in total. The molecule has 0 aliphatic carbocycles. The number of oxazole rings is 1. The van der Waals surface area contributed by atoms with Gasteiger partial charge in [0.1, 0.15) is 6.26 Å². The smallest absolute Gasteiger partial charge is 0.226 e. The SMILES string of the molecule is CCN(CCO)Cc1coc(-c2ccc(C)cc2)n1. The highest BCUT2D eigenvalue weighted by Crippen LogP contribution is 2.19. The number of benzene rings is 1. The van der Waals surface area contributed by atoms with Crippen LogP contribution in [0.4, 0.5) is 0 Å². The van der Waals surface area contributed by atoms with Crippen LogP contribution in [0.5, 0.6) is 0 Å². The highest BCUT2D eigenvalue weighted by atomic mass is 16.3. The van der Waals surface area contributed by atoms with Gasteiger partial charge in [0.25, 0.3) is 0 Å². The lowest BCUT2D eigenvalue weighted by atomic mass is 10.1. The molecular formula is C15H20N2O2. The van der Waals surface area contributed by atoms with E-state index in [0.29, 0.717) is 19.0 Å². The molecule has 1 aromatic carbocycles. The maximum absolute atomic E-state index is 8.97. The number of aliphatic hydroxyl groups is 1. The summed E-state index contributed by atoms with van der Waals surface area (Å²) in [6.45, 7) is 6.52. The third-order valence-electron chi connectivity index (χ3n) is 3.10. The summed E-state index contributed by atoms with van der Waals surface area (Å²) in [5.41, 5.74) is 3.10. The second-order valence-electron chi connectivity index (χ2n) is 4.60. The van der Waals surface area contributed by atoms with Gasteiger partial charge in [-0.3, -0.25) is 4.90 Å². The monoisotopic (exact) mass is 260 g/mol. The van der Waals surface area contributed by atoms with E-state index in [-0.39, 0.29) is 6.61 Å². The fraction of sp³-hybridized carbons (Fsp3) is 0.400. The Hall–Kier alpha value is -1.65. The van der Waals surface area contributed by atoms with E-state index < -0.39 is 0 Å². The Balaban J connectivity index is 2.08. The highest BCUT2D eigenvalue weighted by Gasteiger charge is 2.09. The van der Waals surface area contributed by atoms with Gasteiger partial charge < -0.3 is 9.52 Å². The standard InChI is InChI=1S/C15H20N2O2/c1-3-17(8-9-18)10-14-11-19-15(16-14)13-6-4-12(2)5-7-13/h4-7,11,18H,3,8-10H2,1-2H3. The van der Waals surface area contributed by atoms with Crippen molar-refractivity contribution in [3.8, 4) is 11.5 Å². The van der Waals surface area contributed by atoms with Crippen LogP contribution >= 0.6 is 0 Å². The second kappa shape index (κ2) is 6.50. The van der Waals surface area contributed by atoms with E-state index in [0.717, 1.165) is 17.8 Å². The number of aliphatic hydroxyl groups excluding tert-OH is 1. The summed E-state index contributed by atoms with van der Waals surface area (Å²) in [6.07, 6.45) is 1.69. The Bertz CT molecular complexity index is 505. The van der Waals surface area contributed by atoms with Gasteiger partial charge in [0.05, 0.1) is 12.3 Å². The van der Waals surface area contributed by atoms with E-state index in [1.165, 1.54) is 5.56 Å². The number of aryl methyl sites for hydroxylation is 1. The number of hydrogen-bond donors (Lipinski definition) is 1. The van der Waals surface area contributed by atoms with Gasteiger partial charge in [-0.05, 0) is 25.6 Å². The minimum absolute atomic E-state index is 0.163. The fourth-order valence-corrected chi connectivity index (χ4v) is 1.93. The van der Waals surface area contributed by atoms with Crippen LogP contribution in [0.2, 0.25) is 0 Å². The number of likely N-dealkylation sites (N-methyl/N-ethyl adjacent to an activating group) is 1. The summed E-state index contributed by atoms with van der Waals surface area (Å²) >= 11 is 0. The predicted octanol–water partition coefficient (Wildman–Crippen LogP) is 2.46. The summed E-state index contributed by atoms with van der Waals surface area (Å²) in [5.74, 6) is 0.648. The molecule has 0 aliphatic heterocycles. The Morgan fingerprint density at radius 3 is 2.63 bits per heavy atom. The molecule has 4 heteroatoms. The van der Waals surface area contributed by atoms with Crippen molar-refractivity contribution in [1.29, 1.82) is 0 Å². The molecule has 19 heavy (non-hydrogen) atoms. The van der Waals surface area contributed by atoms with Crippen LogP contribution in [0.15, 0.2) is 34.9 Å². The second-order valence-corrected chi connectivity index (χ2v) is 4.60. The van der Waals surface area contributed by atoms with Crippen LogP contribution in [0, 0.1) is 6.92 Å². The molecule has 0 aliphatic rings. The van der Waals surface area contributed by atoms with Gasteiger partial charge in [-0.15, -0.1) is 0 Å². The van der Waals surface area contributed by atoms with Gasteiger partial charge >= 0.3 is 0 Å². The van der Waals surface area contributed by atoms with Crippen molar-refractivity contribution in [2.75, 3.05) is 19.7 Å². The Labute approximate surface area is 113 Å². The van der Waals surface area contributed by atoms with Gasteiger partial charge in [-0.2, -0.15) is 0 Å². The number of nitrogens with zero attached hydrogens (tertiary/aromatic N) is 2. The molecule has 1 heterocycles. The molecule has 0 bridgehead atoms. The zero-order valence-corrected chi connectivity index (χ0v) is 11.5. The minimum Gasteiger partial charge on any atom is -0.444 e. The van der Waals surface area contributed by atoms with Gasteiger partial charge in [-0.25, -0.2) is 4.98 Å². The topological polar surface area (TPSA) is 49.5 Å². The Morgan fingerprint density at radius 1 is 1.26 bits per heavy atom. The van der Waals surface area contributed by atoms with E-state index >= 15 is 0 Å². The number of hydrogen-bond acceptors (Lipinski definition) is 4. The van der Waals surface area contributed by atoms with Crippen LogP contribution in [-0.4, -0.2) is 34.7 Å². The van der Waals surface area contributed by atoms with Crippen molar-refractivity contribution >= 4 is 0 Å². The molecule has 0 spiro atoms. The van der Waals surface area contributed by atoms with E-state index in [9.17, 15) is 0 Å². The quantitative estimate of drug-likeness (QED) is 0.866. The van der Waals surface area contributed by atoms with Crippen molar-refractivity contribution in [3.63, 3.8) is 0 Å². The lowest BCUT2D eigenvalue weighted by Gasteiger charge is -2.16. The van der Waals surface area contributed by atoms with Crippen molar-refractivity contribution in [1.82, 2.24) is 9.88 Å². The van der Waals surface area contributed by atoms with Crippen LogP contribution in [0.25, 0.3) is 11.5 Å². The first-order chi connectivity index (χ1) is 9.22. The Morgan fingerprint density at radius 2 is 2.00 bits per heavy atom. The summed E-state index contributed by atoms with van der Waals surface area (Å²) in [5, 5.41) is 8.97. The third kappa shape index (κ3) is 3.66. The maximum atomic E-state index is 8.97. The molecule has 0 fully saturated rings. The van der Waals surface area contributed by atoms with Crippen LogP contribution < -0.4 is 0 Å². The average Bonchev–Trinajstić information content (AvgIpc) is 2.87. The largest absolute Gasteiger partial charge is 0.444 e. The number of rotatable bonds is 6. The zero-order chi connectivity index (χ0) is 13.7. The summed E-state index contributed by atoms with van der Waals surface area (Å²) in [6, 6.07) is 8.11. The molecule has 1 aromatic heterocycles. The van der Waals surface area contributed by atoms with Crippen molar-refractivity contribution < 1.29 is 9.52 Å². The molecular weight excluding hydrogens is 240 g/mol. The molecule has 0 saturated heterocycles. The molecule has 2 aromatic rings. The van der Waals surface area contributed by atoms with Crippen molar-refractivity contribution in [3.05, 3.63) is 41.8 Å². The zero-order valence-electron chi connectivity index (χ0n) is 11.5. The first-order valence-electron chi connectivity index (χ1n) is 6.57. The normalized spacial score (nSPS) is 11.2. The lowest BCUT2D eigenvalue weighted by molar-refractivity contribution is 0.195. The molecule has 2 rings (SSSR count). The van der Waals surface area contributed by atoms with Crippen LogP contribution in [-0.2, 0) is 6.54 Å². The third-order valence-corrected chi connectivity index (χ3v) is 3.10. The average molecular weight is 260 g/mol. The van der Waals surface area contributed by atoms with E-state index in [1.54, 1.807) is 6.26 Å². The van der Waals surface area contributed by atoms with Crippen molar-refractivity contribution in [2.24, 2.45) is 0 Å². The molecule has 102 valence electrons. The van der Waals surface area contributed by atoms with Gasteiger partial charge in [0.15, 0.2) is 0 Å². The summed E-state index contributed by atoms with van der Waals surface area (Å²) in [7, 11) is 0. The maximum Gasteiger partial charge on any atom is 0.226 e. The fourth-order valence-electron chi connectivity index (χ4n) is 1.93. The molecule has 0 unspecified atom stereocenters. The van der Waals surface area contributed by atoms with Gasteiger partial charge in [0.2, 0.25) is 5.89 Å².